The fourth-order valence-electron chi connectivity index (χ4n) is 7.55. The van der Waals surface area contributed by atoms with Gasteiger partial charge >= 0.3 is 6.03 Å². The molecule has 0 aromatic heterocycles. The Kier molecular flexibility index (Phi) is 11.7. The molecule has 2 fully saturated rings. The Balaban J connectivity index is 1.37. The maximum atomic E-state index is 13.9. The predicted molar refractivity (Wildman–Crippen MR) is 194 cm³/mol. The molecule has 2 N–H and O–H groups in total. The Morgan fingerprint density at radius 3 is 2.72 bits per heavy atom. The number of hydrogen-bond donors (Lipinski definition) is 3. The van der Waals surface area contributed by atoms with Gasteiger partial charge in [0.05, 0.1) is 48.7 Å². The van der Waals surface area contributed by atoms with Crippen LogP contribution in [0.4, 0.5) is 10.5 Å². The average molecular weight is 729 g/mol. The van der Waals surface area contributed by atoms with Crippen LogP contribution in [-0.2, 0) is 33.0 Å². The van der Waals surface area contributed by atoms with Crippen molar-refractivity contribution in [2.75, 3.05) is 52.0 Å². The van der Waals surface area contributed by atoms with E-state index >= 15 is 0 Å². The number of benzene rings is 2. The third kappa shape index (κ3) is 8.31. The summed E-state index contributed by atoms with van der Waals surface area (Å²) in [7, 11) is 0.657. The minimum Gasteiger partial charge on any atom is -0.491 e. The van der Waals surface area contributed by atoms with Gasteiger partial charge in [0.15, 0.2) is 0 Å². The van der Waals surface area contributed by atoms with Crippen LogP contribution in [0.1, 0.15) is 60.5 Å². The Labute approximate surface area is 301 Å². The first-order valence-electron chi connectivity index (χ1n) is 17.5. The number of nitrogens with one attached hydrogen (secondary N) is 1. The van der Waals surface area contributed by atoms with Crippen LogP contribution in [0.3, 0.4) is 0 Å². The van der Waals surface area contributed by atoms with Crippen LogP contribution in [-0.4, -0.2) is 90.3 Å². The number of urea groups is 1. The van der Waals surface area contributed by atoms with Crippen molar-refractivity contribution in [3.05, 3.63) is 70.3 Å². The number of anilines is 1. The van der Waals surface area contributed by atoms with Gasteiger partial charge in [-0.25, -0.2) is 4.79 Å². The molecular weight excluding hydrogens is 680 g/mol. The Bertz CT molecular complexity index is 1670. The summed E-state index contributed by atoms with van der Waals surface area (Å²) >= 11 is 6.45. The van der Waals surface area contributed by atoms with Crippen LogP contribution in [0, 0.1) is 17.8 Å². The molecule has 1 saturated carbocycles. The van der Waals surface area contributed by atoms with Crippen molar-refractivity contribution in [1.29, 1.82) is 0 Å². The van der Waals surface area contributed by atoms with E-state index in [1.54, 1.807) is 19.2 Å². The van der Waals surface area contributed by atoms with Crippen molar-refractivity contribution in [2.45, 2.75) is 69.1 Å². The van der Waals surface area contributed by atoms with Crippen LogP contribution < -0.4 is 15.0 Å². The number of carbonyl (C=O) groups excluding carboxylic acids is 2. The molecule has 1 aliphatic carbocycles. The van der Waals surface area contributed by atoms with Gasteiger partial charge in [-0.1, -0.05) is 36.7 Å². The van der Waals surface area contributed by atoms with Crippen LogP contribution in [0.2, 0.25) is 5.02 Å². The number of fused-ring (bicyclic) bond motifs is 3. The van der Waals surface area contributed by atoms with Gasteiger partial charge in [0.25, 0.3) is 5.91 Å². The summed E-state index contributed by atoms with van der Waals surface area (Å²) in [6.07, 6.45) is 9.26. The molecule has 2 bridgehead atoms. The minimum absolute atomic E-state index is 0.0871. The number of carbonyl (C=O) groups is 2. The summed E-state index contributed by atoms with van der Waals surface area (Å²) in [6.45, 7) is 4.03. The lowest BCUT2D eigenvalue weighted by atomic mass is 9.70. The number of β-amino-alcohol motifs (C(OH)–C–C–N with tert-alkyl or cyclic N) is 1. The number of thiol groups is 1. The second-order valence-electron chi connectivity index (χ2n) is 14.2. The molecule has 50 heavy (non-hydrogen) atoms. The fourth-order valence-corrected chi connectivity index (χ4v) is 8.95. The Morgan fingerprint density at radius 2 is 1.98 bits per heavy atom. The van der Waals surface area contributed by atoms with Crippen molar-refractivity contribution < 1.29 is 33.1 Å². The number of aliphatic hydroxyl groups is 1. The molecule has 1 saturated heterocycles. The van der Waals surface area contributed by atoms with Crippen LogP contribution in [0.15, 0.2) is 52.9 Å². The number of hydrogen-bond acceptors (Lipinski definition) is 8. The molecule has 2 unspecified atom stereocenters. The van der Waals surface area contributed by atoms with Crippen LogP contribution in [0.5, 0.6) is 5.75 Å². The SMILES string of the molecule is COCC1(O)CN(C(=O)NC2[C@@H](C)C/C=C/[C@H](OC)[C@@H]3CC[C@H]3CN3Cc4ccc(Cl)cc4CCCCOc4ccc(cc43)C(=O)/N=[SH]\2=O)C1. The molecule has 6 rings (SSSR count). The summed E-state index contributed by atoms with van der Waals surface area (Å²) in [5.41, 5.74) is 2.34. The lowest BCUT2D eigenvalue weighted by Crippen LogP contribution is -2.68. The maximum Gasteiger partial charge on any atom is 0.318 e. The smallest absolute Gasteiger partial charge is 0.318 e. The first-order valence-corrected chi connectivity index (χ1v) is 19.2. The van der Waals surface area contributed by atoms with Crippen molar-refractivity contribution >= 4 is 39.8 Å². The fraction of sp³-hybridized carbons (Fsp3) is 0.568. The van der Waals surface area contributed by atoms with E-state index in [0.717, 1.165) is 44.3 Å². The first kappa shape index (κ1) is 36.6. The number of methoxy groups -OCH3 is 2. The number of halogens is 1. The van der Waals surface area contributed by atoms with Crippen molar-refractivity contribution in [3.8, 4) is 5.75 Å². The van der Waals surface area contributed by atoms with Crippen molar-refractivity contribution in [2.24, 2.45) is 22.1 Å². The molecular formula is C37H49ClN4O7S. The zero-order chi connectivity index (χ0) is 35.4. The molecule has 3 amide bonds. The van der Waals surface area contributed by atoms with Gasteiger partial charge < -0.3 is 34.4 Å². The molecule has 0 radical (unpaired) electrons. The zero-order valence-electron chi connectivity index (χ0n) is 29.1. The summed E-state index contributed by atoms with van der Waals surface area (Å²) < 4.78 is 35.5. The van der Waals surface area contributed by atoms with Crippen LogP contribution in [0.25, 0.3) is 0 Å². The van der Waals surface area contributed by atoms with Gasteiger partial charge in [-0.15, -0.1) is 0 Å². The number of nitrogens with zero attached hydrogens (tertiary/aromatic N) is 3. The van der Waals surface area contributed by atoms with Gasteiger partial charge in [-0.2, -0.15) is 4.36 Å². The summed E-state index contributed by atoms with van der Waals surface area (Å²) in [4.78, 5) is 30.7. The minimum atomic E-state index is -2.57. The highest BCUT2D eigenvalue weighted by atomic mass is 35.5. The zero-order valence-corrected chi connectivity index (χ0v) is 30.7. The number of allylic oxidation sites excluding steroid dienone is 1. The van der Waals surface area contributed by atoms with E-state index in [0.29, 0.717) is 41.8 Å². The predicted octanol–water partition coefficient (Wildman–Crippen LogP) is 5.23. The van der Waals surface area contributed by atoms with Gasteiger partial charge in [-0.3, -0.25) is 9.00 Å². The first-order chi connectivity index (χ1) is 24.1. The number of likely N-dealkylation sites (tertiary alicyclic amines) is 1. The quantitative estimate of drug-likeness (QED) is 0.288. The molecule has 13 heteroatoms. The standard InChI is InChI=1S/C37H49ClN4O7S/c1-24-7-6-9-32(48-3)30-14-11-28(30)20-41-19-27-10-13-29(38)17-25(27)8-4-5-16-49-33-15-12-26(18-31(33)41)34(43)40-50(46)35(24)39-36(44)42-21-37(45,22-42)23-47-2/h6,9-10,12-13,15,17-18,24,28,30,32,35,45,50H,4-5,7-8,11,14,16,19-23H2,1-3H3,(H,39,44)/b9-6+/t24-,28-,30+,32-,35?/m0/s1. The Morgan fingerprint density at radius 1 is 1.16 bits per heavy atom. The molecule has 0 spiro atoms. The highest BCUT2D eigenvalue weighted by Gasteiger charge is 2.44. The Hall–Kier alpha value is -3.16. The number of ether oxygens (including phenoxy) is 3. The second-order valence-corrected chi connectivity index (χ2v) is 16.0. The maximum absolute atomic E-state index is 13.9. The molecule has 6 atom stereocenters. The lowest BCUT2D eigenvalue weighted by molar-refractivity contribution is -0.115. The third-order valence-corrected chi connectivity index (χ3v) is 12.3. The van der Waals surface area contributed by atoms with Crippen LogP contribution >= 0.6 is 11.6 Å². The van der Waals surface area contributed by atoms with Gasteiger partial charge in [0.1, 0.15) is 16.7 Å². The van der Waals surface area contributed by atoms with E-state index in [-0.39, 0.29) is 37.6 Å². The van der Waals surface area contributed by atoms with E-state index in [4.69, 9.17) is 25.8 Å². The van der Waals surface area contributed by atoms with Gasteiger partial charge in [0.2, 0.25) is 0 Å². The normalized spacial score (nSPS) is 29.3. The number of rotatable bonds is 4. The molecule has 3 heterocycles. The van der Waals surface area contributed by atoms with Gasteiger partial charge in [0, 0.05) is 37.9 Å². The van der Waals surface area contributed by atoms with E-state index in [1.807, 2.05) is 25.1 Å². The molecule has 3 aliphatic heterocycles. The molecule has 11 nitrogen and oxygen atoms in total. The van der Waals surface area contributed by atoms with Crippen molar-refractivity contribution in [3.63, 3.8) is 0 Å². The molecule has 2 aromatic carbocycles. The van der Waals surface area contributed by atoms with E-state index < -0.39 is 33.5 Å². The highest BCUT2D eigenvalue weighted by molar-refractivity contribution is 7.76. The number of aryl methyl sites for hydroxylation is 1. The monoisotopic (exact) mass is 728 g/mol. The van der Waals surface area contributed by atoms with Gasteiger partial charge in [-0.05, 0) is 97.7 Å². The van der Waals surface area contributed by atoms with E-state index in [9.17, 15) is 18.9 Å². The average Bonchev–Trinajstić information content (AvgIpc) is 3.09. The third-order valence-electron chi connectivity index (χ3n) is 10.5. The summed E-state index contributed by atoms with van der Waals surface area (Å²) in [6, 6.07) is 10.9. The molecule has 2 aromatic rings. The largest absolute Gasteiger partial charge is 0.491 e. The van der Waals surface area contributed by atoms with Crippen molar-refractivity contribution in [1.82, 2.24) is 10.2 Å². The summed E-state index contributed by atoms with van der Waals surface area (Å²) in [5.74, 6) is 0.370. The topological polar surface area (TPSA) is 130 Å². The van der Waals surface area contributed by atoms with E-state index in [2.05, 4.69) is 32.8 Å². The molecule has 4 aliphatic rings. The summed E-state index contributed by atoms with van der Waals surface area (Å²) in [5, 5.41) is 13.2. The number of amides is 3. The molecule has 272 valence electrons. The highest BCUT2D eigenvalue weighted by Crippen LogP contribution is 2.42. The second kappa shape index (κ2) is 16.0. The van der Waals surface area contributed by atoms with E-state index in [1.165, 1.54) is 23.1 Å². The lowest BCUT2D eigenvalue weighted by Gasteiger charge is -2.46.